The Morgan fingerprint density at radius 1 is 1.02 bits per heavy atom. The van der Waals surface area contributed by atoms with Crippen LogP contribution in [-0.4, -0.2) is 32.1 Å². The summed E-state index contributed by atoms with van der Waals surface area (Å²) in [6.07, 6.45) is 9.78. The van der Waals surface area contributed by atoms with Crippen LogP contribution in [0.25, 0.3) is 0 Å². The highest BCUT2D eigenvalue weighted by Crippen LogP contribution is 2.41. The molecule has 0 radical (unpaired) electrons. The first kappa shape index (κ1) is 31.3. The van der Waals surface area contributed by atoms with Gasteiger partial charge >= 0.3 is 0 Å². The maximum absolute atomic E-state index is 11.9. The maximum Gasteiger partial charge on any atom is 0.271 e. The topological polar surface area (TPSA) is 15.3 Å². The molecule has 0 bridgehead atoms. The Morgan fingerprint density at radius 3 is 2.38 bits per heavy atom. The highest BCUT2D eigenvalue weighted by atomic mass is 19.3. The van der Waals surface area contributed by atoms with Crippen LogP contribution in [0, 0.1) is 6.92 Å². The van der Waals surface area contributed by atoms with Crippen LogP contribution in [-0.2, 0) is 38.6 Å². The highest BCUT2D eigenvalue weighted by molar-refractivity contribution is 5.48. The van der Waals surface area contributed by atoms with Gasteiger partial charge in [0.1, 0.15) is 0 Å². The quantitative estimate of drug-likeness (QED) is 0.307. The van der Waals surface area contributed by atoms with E-state index in [0.717, 1.165) is 13.0 Å². The number of rotatable bonds is 4. The fourth-order valence-corrected chi connectivity index (χ4v) is 6.02. The van der Waals surface area contributed by atoms with E-state index in [0.29, 0.717) is 18.9 Å². The van der Waals surface area contributed by atoms with Gasteiger partial charge in [0.05, 0.1) is 18.4 Å². The third-order valence-corrected chi connectivity index (χ3v) is 7.98. The SMILES string of the molecule is C=CCc1c(C)ccc2c1CN1CCc3cc4c(cc3C1C2)CCC4.CC.CF.CNC1=C=C=C(C(F)F)C=C1. The van der Waals surface area contributed by atoms with Crippen LogP contribution in [0.15, 0.2) is 71.8 Å². The van der Waals surface area contributed by atoms with Crippen molar-refractivity contribution in [3.63, 3.8) is 0 Å². The molecule has 0 saturated carbocycles. The van der Waals surface area contributed by atoms with Crippen molar-refractivity contribution in [3.8, 4) is 0 Å². The number of benzene rings is 2. The van der Waals surface area contributed by atoms with Gasteiger partial charge < -0.3 is 5.32 Å². The summed E-state index contributed by atoms with van der Waals surface area (Å²) in [5.74, 6) is 0. The van der Waals surface area contributed by atoms with Crippen molar-refractivity contribution in [3.05, 3.63) is 116 Å². The lowest BCUT2D eigenvalue weighted by Gasteiger charge is -2.42. The number of fused-ring (bicyclic) bond motifs is 5. The number of aryl methyl sites for hydroxylation is 3. The zero-order chi connectivity index (χ0) is 29.2. The summed E-state index contributed by atoms with van der Waals surface area (Å²) < 4.78 is 33.4. The van der Waals surface area contributed by atoms with Crippen LogP contribution < -0.4 is 5.32 Å². The molecule has 1 atom stereocenters. The van der Waals surface area contributed by atoms with Crippen molar-refractivity contribution in [2.75, 3.05) is 20.8 Å². The first-order chi connectivity index (χ1) is 19.5. The second-order valence-electron chi connectivity index (χ2n) is 10.1. The number of hydrogen-bond donors (Lipinski definition) is 1. The van der Waals surface area contributed by atoms with E-state index in [1.807, 2.05) is 13.8 Å². The molecule has 2 aromatic carbocycles. The summed E-state index contributed by atoms with van der Waals surface area (Å²) >= 11 is 0. The molecule has 1 unspecified atom stereocenters. The first-order valence-corrected chi connectivity index (χ1v) is 14.4. The van der Waals surface area contributed by atoms with E-state index in [4.69, 9.17) is 0 Å². The molecular formula is C35H43F3N2. The Balaban J connectivity index is 0.000000248. The Hall–Kier alpha value is -3.23. The molecule has 40 heavy (non-hydrogen) atoms. The number of alkyl halides is 3. The smallest absolute Gasteiger partial charge is 0.271 e. The summed E-state index contributed by atoms with van der Waals surface area (Å²) in [5.41, 5.74) is 18.1. The Kier molecular flexibility index (Phi) is 11.7. The van der Waals surface area contributed by atoms with Crippen molar-refractivity contribution in [1.82, 2.24) is 10.2 Å². The molecule has 2 aliphatic carbocycles. The van der Waals surface area contributed by atoms with Crippen LogP contribution >= 0.6 is 0 Å². The Bertz CT molecular complexity index is 1320. The molecule has 2 nitrogen and oxygen atoms in total. The number of allylic oxidation sites excluding steroid dienone is 4. The average molecular weight is 549 g/mol. The second-order valence-corrected chi connectivity index (χ2v) is 10.1. The molecule has 2 aromatic rings. The lowest BCUT2D eigenvalue weighted by Crippen LogP contribution is -2.40. The van der Waals surface area contributed by atoms with Gasteiger partial charge in [-0.2, -0.15) is 0 Å². The summed E-state index contributed by atoms with van der Waals surface area (Å²) in [6, 6.07) is 10.4. The Labute approximate surface area is 238 Å². The summed E-state index contributed by atoms with van der Waals surface area (Å²) in [4.78, 5) is 2.73. The van der Waals surface area contributed by atoms with Crippen LogP contribution in [0.1, 0.15) is 70.8 Å². The van der Waals surface area contributed by atoms with E-state index in [1.54, 1.807) is 40.4 Å². The fourth-order valence-electron chi connectivity index (χ4n) is 6.02. The van der Waals surface area contributed by atoms with Gasteiger partial charge in [0, 0.05) is 26.2 Å². The van der Waals surface area contributed by atoms with Crippen molar-refractivity contribution in [2.45, 2.75) is 78.3 Å². The van der Waals surface area contributed by atoms with E-state index < -0.39 is 6.43 Å². The molecule has 5 heteroatoms. The fraction of sp³-hybridized carbons (Fsp3) is 0.429. The number of likely N-dealkylation sites (N-methyl/N-ethyl adjacent to an activating group) is 1. The van der Waals surface area contributed by atoms with Gasteiger partial charge in [0.2, 0.25) is 0 Å². The largest absolute Gasteiger partial charge is 0.381 e. The minimum atomic E-state index is -2.46. The molecule has 1 N–H and O–H groups in total. The molecule has 214 valence electrons. The van der Waals surface area contributed by atoms with Crippen LogP contribution in [0.2, 0.25) is 0 Å². The third-order valence-electron chi connectivity index (χ3n) is 7.98. The number of hydrogen-bond acceptors (Lipinski definition) is 2. The molecule has 2 heterocycles. The van der Waals surface area contributed by atoms with Crippen molar-refractivity contribution in [1.29, 1.82) is 0 Å². The molecular weight excluding hydrogens is 505 g/mol. The normalized spacial score (nSPS) is 17.7. The lowest BCUT2D eigenvalue weighted by atomic mass is 9.80. The van der Waals surface area contributed by atoms with Crippen LogP contribution in [0.4, 0.5) is 13.2 Å². The minimum Gasteiger partial charge on any atom is -0.381 e. The van der Waals surface area contributed by atoms with Gasteiger partial charge in [-0.05, 0) is 108 Å². The van der Waals surface area contributed by atoms with E-state index in [2.05, 4.69) is 65.5 Å². The summed E-state index contributed by atoms with van der Waals surface area (Å²) in [6.45, 7) is 12.5. The predicted molar refractivity (Wildman–Crippen MR) is 161 cm³/mol. The highest BCUT2D eigenvalue weighted by Gasteiger charge is 2.34. The second kappa shape index (κ2) is 15.0. The zero-order valence-corrected chi connectivity index (χ0v) is 24.6. The molecule has 4 aliphatic rings. The van der Waals surface area contributed by atoms with Gasteiger partial charge in [0.25, 0.3) is 6.43 Å². The third kappa shape index (κ3) is 6.91. The molecule has 0 spiro atoms. The van der Waals surface area contributed by atoms with Gasteiger partial charge in [-0.15, -0.1) is 6.58 Å². The zero-order valence-electron chi connectivity index (χ0n) is 24.6. The molecule has 2 aliphatic heterocycles. The minimum absolute atomic E-state index is 0.121. The Morgan fingerprint density at radius 2 is 1.75 bits per heavy atom. The van der Waals surface area contributed by atoms with Gasteiger partial charge in [-0.25, -0.2) is 8.78 Å². The molecule has 0 amide bonds. The standard InChI is InChI=1S/C24H27N.C8H7F2N.C2H6.CH3F/c1-3-5-21-16(2)8-9-19-14-24-22-13-18-7-4-6-17(18)12-20(22)10-11-25(24)15-23(19)21;1-11-7-4-2-6(3-5-7)8(9)10;2*1-2/h3,8-9,12-13,24H,1,4-7,10-11,14-15H2,2H3;2,4,8,11H,1H3;1-2H3;1H3. The number of nitrogens with zero attached hydrogens (tertiary/aromatic N) is 1. The monoisotopic (exact) mass is 548 g/mol. The van der Waals surface area contributed by atoms with Crippen molar-refractivity contribution in [2.24, 2.45) is 0 Å². The molecule has 0 fully saturated rings. The van der Waals surface area contributed by atoms with E-state index in [9.17, 15) is 13.2 Å². The summed E-state index contributed by atoms with van der Waals surface area (Å²) in [7, 11) is 2.20. The van der Waals surface area contributed by atoms with E-state index in [-0.39, 0.29) is 5.57 Å². The summed E-state index contributed by atoms with van der Waals surface area (Å²) in [5, 5.41) is 2.76. The van der Waals surface area contributed by atoms with E-state index in [1.165, 1.54) is 61.9 Å². The number of halogens is 3. The first-order valence-electron chi connectivity index (χ1n) is 14.4. The van der Waals surface area contributed by atoms with Gasteiger partial charge in [0.15, 0.2) is 0 Å². The molecule has 0 aromatic heterocycles. The van der Waals surface area contributed by atoms with Crippen LogP contribution in [0.3, 0.4) is 0 Å². The maximum atomic E-state index is 11.9. The predicted octanol–water partition coefficient (Wildman–Crippen LogP) is 8.08. The molecule has 0 saturated heterocycles. The average Bonchev–Trinajstić information content (AvgIpc) is 3.47. The lowest BCUT2D eigenvalue weighted by molar-refractivity contribution is 0.160. The van der Waals surface area contributed by atoms with Crippen molar-refractivity contribution < 1.29 is 13.2 Å². The van der Waals surface area contributed by atoms with Crippen molar-refractivity contribution >= 4 is 0 Å². The van der Waals surface area contributed by atoms with Gasteiger partial charge in [-0.3, -0.25) is 9.29 Å². The van der Waals surface area contributed by atoms with E-state index >= 15 is 0 Å². The van der Waals surface area contributed by atoms with Gasteiger partial charge in [-0.1, -0.05) is 49.9 Å². The van der Waals surface area contributed by atoms with Crippen LogP contribution in [0.5, 0.6) is 0 Å². The molecule has 6 rings (SSSR count). The number of nitrogens with one attached hydrogen (secondary N) is 1.